The average molecular weight is 959 g/mol. The van der Waals surface area contributed by atoms with Gasteiger partial charge in [0.1, 0.15) is 23.0 Å². The highest BCUT2D eigenvalue weighted by atomic mass is 16.5. The second-order valence-electron chi connectivity index (χ2n) is 20.7. The number of fused-ring (bicyclic) bond motifs is 8. The Labute approximate surface area is 426 Å². The predicted molar refractivity (Wildman–Crippen MR) is 300 cm³/mol. The van der Waals surface area contributed by atoms with E-state index in [9.17, 15) is 0 Å². The maximum Gasteiger partial charge on any atom is 0.123 e. The molecule has 3 aromatic heterocycles. The molecular formula is C64H70N4O4. The zero-order valence-electron chi connectivity index (χ0n) is 43.4. The third-order valence-corrected chi connectivity index (χ3v) is 13.1. The molecule has 0 amide bonds. The molecule has 0 fully saturated rings. The number of benzene rings is 4. The molecule has 72 heavy (non-hydrogen) atoms. The van der Waals surface area contributed by atoms with Crippen molar-refractivity contribution in [2.45, 2.75) is 81.1 Å². The van der Waals surface area contributed by atoms with Crippen LogP contribution in [-0.2, 0) is 0 Å². The van der Waals surface area contributed by atoms with E-state index < -0.39 is 0 Å². The molecule has 0 unspecified atom stereocenters. The summed E-state index contributed by atoms with van der Waals surface area (Å²) >= 11 is 0. The Kier molecular flexibility index (Phi) is 15.7. The molecule has 2 N–H and O–H groups in total. The molecular weight excluding hydrogens is 889 g/mol. The van der Waals surface area contributed by atoms with Crippen LogP contribution in [0.5, 0.6) is 23.0 Å². The van der Waals surface area contributed by atoms with Gasteiger partial charge in [-0.25, -0.2) is 9.97 Å². The van der Waals surface area contributed by atoms with Gasteiger partial charge in [0.25, 0.3) is 0 Å². The van der Waals surface area contributed by atoms with Gasteiger partial charge in [-0.3, -0.25) is 0 Å². The van der Waals surface area contributed by atoms with Crippen LogP contribution < -0.4 is 18.9 Å². The quantitative estimate of drug-likeness (QED) is 0.0790. The van der Waals surface area contributed by atoms with E-state index in [2.05, 4.69) is 199 Å². The van der Waals surface area contributed by atoms with Gasteiger partial charge in [0.15, 0.2) is 0 Å². The molecule has 4 aromatic carbocycles. The molecule has 8 nitrogen and oxygen atoms in total. The van der Waals surface area contributed by atoms with E-state index in [0.717, 1.165) is 138 Å². The van der Waals surface area contributed by atoms with Crippen molar-refractivity contribution < 1.29 is 18.9 Å². The minimum atomic E-state index is 0.511. The van der Waals surface area contributed by atoms with E-state index in [4.69, 9.17) is 28.9 Å². The van der Waals surface area contributed by atoms with Crippen molar-refractivity contribution in [3.8, 4) is 67.5 Å². The molecule has 0 radical (unpaired) electrons. The minimum Gasteiger partial charge on any atom is -0.493 e. The molecule has 0 saturated heterocycles. The van der Waals surface area contributed by atoms with Crippen molar-refractivity contribution in [2.24, 2.45) is 23.7 Å². The maximum absolute atomic E-state index is 6.51. The largest absolute Gasteiger partial charge is 0.493 e. The molecule has 8 bridgehead atoms. The van der Waals surface area contributed by atoms with Gasteiger partial charge in [0.05, 0.1) is 49.2 Å². The van der Waals surface area contributed by atoms with Crippen LogP contribution in [0.4, 0.5) is 0 Å². The molecule has 370 valence electrons. The first kappa shape index (κ1) is 49.7. The Morgan fingerprint density at radius 2 is 0.597 bits per heavy atom. The van der Waals surface area contributed by atoms with Crippen molar-refractivity contribution in [2.75, 3.05) is 26.4 Å². The van der Waals surface area contributed by atoms with E-state index in [1.54, 1.807) is 0 Å². The van der Waals surface area contributed by atoms with Crippen LogP contribution in [0.1, 0.15) is 104 Å². The molecule has 0 atom stereocenters. The monoisotopic (exact) mass is 959 g/mol. The van der Waals surface area contributed by atoms with Crippen LogP contribution in [0, 0.1) is 23.7 Å². The molecule has 7 aromatic rings. The Hall–Kier alpha value is -7.32. The highest BCUT2D eigenvalue weighted by molar-refractivity contribution is 6.00. The van der Waals surface area contributed by atoms with Gasteiger partial charge < -0.3 is 28.9 Å². The van der Waals surface area contributed by atoms with Crippen LogP contribution in [0.15, 0.2) is 121 Å². The Morgan fingerprint density at radius 3 is 0.861 bits per heavy atom. The zero-order chi connectivity index (χ0) is 50.1. The normalized spacial score (nSPS) is 12.2. The summed E-state index contributed by atoms with van der Waals surface area (Å²) in [5.41, 5.74) is 14.8. The molecule has 8 heteroatoms. The summed E-state index contributed by atoms with van der Waals surface area (Å²) < 4.78 is 26.0. The summed E-state index contributed by atoms with van der Waals surface area (Å²) in [7, 11) is 0. The fraction of sp³-hybridized carbons (Fsp3) is 0.312. The molecule has 2 aliphatic heterocycles. The second kappa shape index (κ2) is 22.8. The first-order valence-corrected chi connectivity index (χ1v) is 26.0. The fourth-order valence-electron chi connectivity index (χ4n) is 9.05. The van der Waals surface area contributed by atoms with Crippen LogP contribution in [0.25, 0.3) is 90.9 Å². The Balaban J connectivity index is 1.35. The topological polar surface area (TPSA) is 94.3 Å². The second-order valence-corrected chi connectivity index (χ2v) is 20.7. The SMILES string of the molecule is CC(C)CCOc1cc(OCCC(C)C)cc(-c2c3nc(c(-c4ccccc4)c4ccc([nH]4)c(-c4cc(OCCC(C)C)cc(OCCC(C)C)c4)c4nc(c(-c5ccccc5)c5ccc2[nH]5)C=C4)C=C3)c1. The average Bonchev–Trinajstić information content (AvgIpc) is 4.21. The van der Waals surface area contributed by atoms with Crippen LogP contribution in [-0.4, -0.2) is 46.4 Å². The number of hydrogen-bond donors (Lipinski definition) is 2. The van der Waals surface area contributed by atoms with E-state index in [1.165, 1.54) is 0 Å². The number of rotatable bonds is 20. The summed E-state index contributed by atoms with van der Waals surface area (Å²) in [6, 6.07) is 42.3. The van der Waals surface area contributed by atoms with Crippen molar-refractivity contribution in [3.63, 3.8) is 0 Å². The van der Waals surface area contributed by atoms with Crippen molar-refractivity contribution in [3.05, 3.63) is 144 Å². The van der Waals surface area contributed by atoms with Crippen LogP contribution >= 0.6 is 0 Å². The molecule has 0 aliphatic carbocycles. The van der Waals surface area contributed by atoms with E-state index >= 15 is 0 Å². The lowest BCUT2D eigenvalue weighted by Crippen LogP contribution is -2.04. The third kappa shape index (κ3) is 12.0. The van der Waals surface area contributed by atoms with Crippen LogP contribution in [0.3, 0.4) is 0 Å². The number of ether oxygens (including phenoxy) is 4. The number of aromatic nitrogens is 4. The molecule has 9 rings (SSSR count). The van der Waals surface area contributed by atoms with Crippen molar-refractivity contribution in [1.29, 1.82) is 0 Å². The Morgan fingerprint density at radius 1 is 0.333 bits per heavy atom. The van der Waals surface area contributed by atoms with Gasteiger partial charge >= 0.3 is 0 Å². The lowest BCUT2D eigenvalue weighted by Gasteiger charge is -2.15. The molecule has 0 saturated carbocycles. The Bertz CT molecular complexity index is 2930. The van der Waals surface area contributed by atoms with Crippen molar-refractivity contribution in [1.82, 2.24) is 19.9 Å². The molecule has 0 spiro atoms. The number of H-pyrrole nitrogens is 2. The standard InChI is InChI=1S/C64H70N4O4/c1-41(2)27-31-69-49-35-47(36-50(39-49)70-32-28-42(3)4)63-57-23-19-53(65-57)61(45-15-11-9-12-16-45)55-21-25-59(67-55)64(48-37-51(71-33-29-43(5)6)40-52(38-48)72-34-30-44(7)8)60-26-22-56(68-60)62(46-17-13-10-14-18-46)54-20-24-58(63)66-54/h9-26,35-44,65,68H,27-34H2,1-8H3. The summed E-state index contributed by atoms with van der Waals surface area (Å²) in [6.07, 6.45) is 12.3. The van der Waals surface area contributed by atoms with Gasteiger partial charge in [0, 0.05) is 56.5 Å². The van der Waals surface area contributed by atoms with Gasteiger partial charge in [-0.05, 0) is 144 Å². The van der Waals surface area contributed by atoms with E-state index in [1.807, 2.05) is 12.1 Å². The number of nitrogens with zero attached hydrogens (tertiary/aromatic N) is 2. The molecule has 5 heterocycles. The first-order valence-electron chi connectivity index (χ1n) is 26.0. The first-order chi connectivity index (χ1) is 34.9. The summed E-state index contributed by atoms with van der Waals surface area (Å²) in [6.45, 7) is 20.2. The highest BCUT2D eigenvalue weighted by Crippen LogP contribution is 2.41. The fourth-order valence-corrected chi connectivity index (χ4v) is 9.05. The van der Waals surface area contributed by atoms with Gasteiger partial charge in [-0.2, -0.15) is 0 Å². The summed E-state index contributed by atoms with van der Waals surface area (Å²) in [5, 5.41) is 0. The van der Waals surface area contributed by atoms with E-state index in [-0.39, 0.29) is 0 Å². The van der Waals surface area contributed by atoms with Crippen molar-refractivity contribution >= 4 is 46.4 Å². The summed E-state index contributed by atoms with van der Waals surface area (Å²) in [4.78, 5) is 19.0. The van der Waals surface area contributed by atoms with Gasteiger partial charge in [-0.1, -0.05) is 116 Å². The van der Waals surface area contributed by atoms with Gasteiger partial charge in [0.2, 0.25) is 0 Å². The lowest BCUT2D eigenvalue weighted by atomic mass is 10.0. The zero-order valence-corrected chi connectivity index (χ0v) is 43.4. The van der Waals surface area contributed by atoms with E-state index in [0.29, 0.717) is 50.1 Å². The molecule has 2 aliphatic rings. The predicted octanol–water partition coefficient (Wildman–Crippen LogP) is 17.0. The number of hydrogen-bond acceptors (Lipinski definition) is 6. The lowest BCUT2D eigenvalue weighted by molar-refractivity contribution is 0.276. The van der Waals surface area contributed by atoms with Gasteiger partial charge in [-0.15, -0.1) is 0 Å². The number of aromatic amines is 2. The number of nitrogens with one attached hydrogen (secondary N) is 2. The smallest absolute Gasteiger partial charge is 0.123 e. The summed E-state index contributed by atoms with van der Waals surface area (Å²) in [5.74, 6) is 5.10. The van der Waals surface area contributed by atoms with Crippen LogP contribution in [0.2, 0.25) is 0 Å². The highest BCUT2D eigenvalue weighted by Gasteiger charge is 2.21. The minimum absolute atomic E-state index is 0.511. The maximum atomic E-state index is 6.51. The third-order valence-electron chi connectivity index (χ3n) is 13.1.